The van der Waals surface area contributed by atoms with E-state index < -0.39 is 0 Å². The van der Waals surface area contributed by atoms with Crippen molar-refractivity contribution < 1.29 is 9.21 Å². The van der Waals surface area contributed by atoms with Gasteiger partial charge in [0.2, 0.25) is 0 Å². The minimum atomic E-state index is -0.167. The first kappa shape index (κ1) is 18.0. The number of carbonyl (C=O) groups is 1. The number of hydrogen-bond acceptors (Lipinski definition) is 3. The predicted octanol–water partition coefficient (Wildman–Crippen LogP) is 5.08. The molecule has 4 rings (SSSR count). The van der Waals surface area contributed by atoms with Crippen LogP contribution in [0.5, 0.6) is 0 Å². The number of nitrogens with one attached hydrogen (secondary N) is 1. The van der Waals surface area contributed by atoms with Crippen LogP contribution in [0.15, 0.2) is 71.5 Å². The molecule has 0 aliphatic heterocycles. The molecule has 0 bridgehead atoms. The monoisotopic (exact) mass is 373 g/mol. The van der Waals surface area contributed by atoms with Gasteiger partial charge in [-0.3, -0.25) is 4.79 Å². The average Bonchev–Trinajstić information content (AvgIpc) is 3.36. The van der Waals surface area contributed by atoms with Gasteiger partial charge in [-0.2, -0.15) is 0 Å². The largest absolute Gasteiger partial charge is 0.472 e. The number of aryl methyl sites for hydroxylation is 3. The number of carbonyl (C=O) groups excluding carboxylic acids is 1. The summed E-state index contributed by atoms with van der Waals surface area (Å²) < 4.78 is 7.31. The molecule has 2 aromatic carbocycles. The minimum absolute atomic E-state index is 0.167. The van der Waals surface area contributed by atoms with Crippen molar-refractivity contribution in [3.63, 3.8) is 0 Å². The first-order chi connectivity index (χ1) is 13.8. The van der Waals surface area contributed by atoms with Gasteiger partial charge in [0.05, 0.1) is 22.9 Å². The Morgan fingerprint density at radius 3 is 2.71 bits per heavy atom. The van der Waals surface area contributed by atoms with E-state index in [4.69, 9.17) is 9.40 Å². The first-order valence-electron chi connectivity index (χ1n) is 9.62. The lowest BCUT2D eigenvalue weighted by atomic mass is 10.1. The molecule has 0 aliphatic rings. The van der Waals surface area contributed by atoms with E-state index in [-0.39, 0.29) is 5.91 Å². The van der Waals surface area contributed by atoms with Gasteiger partial charge in [-0.05, 0) is 42.7 Å². The molecule has 2 heterocycles. The molecule has 28 heavy (non-hydrogen) atoms. The Labute approximate surface area is 164 Å². The Hall–Kier alpha value is -3.34. The van der Waals surface area contributed by atoms with Crippen LogP contribution in [-0.4, -0.2) is 15.5 Å². The lowest BCUT2D eigenvalue weighted by Gasteiger charge is -2.11. The van der Waals surface area contributed by atoms with Crippen molar-refractivity contribution in [3.8, 4) is 0 Å². The molecule has 1 amide bonds. The molecule has 0 aliphatic carbocycles. The summed E-state index contributed by atoms with van der Waals surface area (Å²) in [6.07, 6.45) is 5.62. The maximum Gasteiger partial charge on any atom is 0.258 e. The summed E-state index contributed by atoms with van der Waals surface area (Å²) in [5, 5.41) is 2.99. The number of furan rings is 1. The fourth-order valence-electron chi connectivity index (χ4n) is 3.48. The number of benzene rings is 2. The van der Waals surface area contributed by atoms with Crippen LogP contribution in [-0.2, 0) is 19.4 Å². The lowest BCUT2D eigenvalue weighted by Crippen LogP contribution is -2.13. The molecule has 1 N–H and O–H groups in total. The number of imidazole rings is 1. The van der Waals surface area contributed by atoms with E-state index in [1.807, 2.05) is 24.3 Å². The second kappa shape index (κ2) is 8.13. The zero-order valence-electron chi connectivity index (χ0n) is 15.9. The molecular weight excluding hydrogens is 350 g/mol. The molecule has 0 saturated heterocycles. The quantitative estimate of drug-likeness (QED) is 0.492. The van der Waals surface area contributed by atoms with Crippen molar-refractivity contribution in [1.29, 1.82) is 0 Å². The van der Waals surface area contributed by atoms with E-state index in [9.17, 15) is 4.79 Å². The minimum Gasteiger partial charge on any atom is -0.472 e. The van der Waals surface area contributed by atoms with Gasteiger partial charge >= 0.3 is 0 Å². The van der Waals surface area contributed by atoms with Gasteiger partial charge < -0.3 is 14.3 Å². The standard InChI is InChI=1S/C23H23N3O2/c1-2-14-26-21-10-6-5-9-20(21)24-22(26)12-11-17-7-3-4-8-19(17)25-23(27)18-13-15-28-16-18/h3-10,13,15-16H,2,11-12,14H2,1H3,(H,25,27). The fraction of sp³-hybridized carbons (Fsp3) is 0.217. The molecule has 0 radical (unpaired) electrons. The average molecular weight is 373 g/mol. The lowest BCUT2D eigenvalue weighted by molar-refractivity contribution is 0.102. The Kier molecular flexibility index (Phi) is 5.24. The van der Waals surface area contributed by atoms with Gasteiger partial charge in [0.1, 0.15) is 12.1 Å². The molecule has 0 fully saturated rings. The molecular formula is C23H23N3O2. The Bertz CT molecular complexity index is 1080. The predicted molar refractivity (Wildman–Crippen MR) is 111 cm³/mol. The van der Waals surface area contributed by atoms with Crippen LogP contribution in [0.25, 0.3) is 11.0 Å². The summed E-state index contributed by atoms with van der Waals surface area (Å²) in [7, 11) is 0. The first-order valence-corrected chi connectivity index (χ1v) is 9.62. The fourth-order valence-corrected chi connectivity index (χ4v) is 3.48. The van der Waals surface area contributed by atoms with Crippen molar-refractivity contribution in [3.05, 3.63) is 84.1 Å². The van der Waals surface area contributed by atoms with Crippen LogP contribution < -0.4 is 5.32 Å². The third kappa shape index (κ3) is 3.69. The van der Waals surface area contributed by atoms with Gasteiger partial charge in [0.25, 0.3) is 5.91 Å². The van der Waals surface area contributed by atoms with Gasteiger partial charge in [-0.25, -0.2) is 4.98 Å². The van der Waals surface area contributed by atoms with E-state index in [0.29, 0.717) is 5.56 Å². The van der Waals surface area contributed by atoms with Crippen molar-refractivity contribution in [1.82, 2.24) is 9.55 Å². The summed E-state index contributed by atoms with van der Waals surface area (Å²) in [4.78, 5) is 17.2. The van der Waals surface area contributed by atoms with Gasteiger partial charge in [0, 0.05) is 18.7 Å². The van der Waals surface area contributed by atoms with Gasteiger partial charge in [-0.15, -0.1) is 0 Å². The molecule has 142 valence electrons. The summed E-state index contributed by atoms with van der Waals surface area (Å²) >= 11 is 0. The molecule has 0 unspecified atom stereocenters. The van der Waals surface area contributed by atoms with E-state index in [1.54, 1.807) is 6.07 Å². The van der Waals surface area contributed by atoms with E-state index in [0.717, 1.165) is 48.4 Å². The maximum absolute atomic E-state index is 12.4. The molecule has 5 nitrogen and oxygen atoms in total. The Balaban J connectivity index is 1.55. The van der Waals surface area contributed by atoms with Crippen LogP contribution in [0, 0.1) is 0 Å². The summed E-state index contributed by atoms with van der Waals surface area (Å²) in [5.41, 5.74) is 4.65. The number of aromatic nitrogens is 2. The molecule has 0 spiro atoms. The van der Waals surface area contributed by atoms with E-state index in [2.05, 4.69) is 41.1 Å². The van der Waals surface area contributed by atoms with Crippen molar-refractivity contribution in [2.24, 2.45) is 0 Å². The third-order valence-electron chi connectivity index (χ3n) is 4.85. The number of amides is 1. The zero-order valence-corrected chi connectivity index (χ0v) is 15.9. The summed E-state index contributed by atoms with van der Waals surface area (Å²) in [5.74, 6) is 0.915. The normalized spacial score (nSPS) is 11.0. The Morgan fingerprint density at radius 2 is 1.89 bits per heavy atom. The number of para-hydroxylation sites is 3. The molecule has 5 heteroatoms. The highest BCUT2D eigenvalue weighted by Crippen LogP contribution is 2.21. The number of nitrogens with zero attached hydrogens (tertiary/aromatic N) is 2. The second-order valence-corrected chi connectivity index (χ2v) is 6.79. The van der Waals surface area contributed by atoms with Crippen LogP contribution in [0.1, 0.15) is 35.1 Å². The summed E-state index contributed by atoms with van der Waals surface area (Å²) in [6, 6.07) is 17.8. The highest BCUT2D eigenvalue weighted by atomic mass is 16.3. The molecule has 0 saturated carbocycles. The van der Waals surface area contributed by atoms with Crippen LogP contribution >= 0.6 is 0 Å². The Morgan fingerprint density at radius 1 is 1.07 bits per heavy atom. The highest BCUT2D eigenvalue weighted by Gasteiger charge is 2.13. The third-order valence-corrected chi connectivity index (χ3v) is 4.85. The van der Waals surface area contributed by atoms with E-state index in [1.165, 1.54) is 18.0 Å². The van der Waals surface area contributed by atoms with Crippen LogP contribution in [0.4, 0.5) is 5.69 Å². The topological polar surface area (TPSA) is 60.1 Å². The summed E-state index contributed by atoms with van der Waals surface area (Å²) in [6.45, 7) is 3.13. The van der Waals surface area contributed by atoms with E-state index >= 15 is 0 Å². The van der Waals surface area contributed by atoms with Crippen LogP contribution in [0.3, 0.4) is 0 Å². The van der Waals surface area contributed by atoms with Crippen molar-refractivity contribution in [2.75, 3.05) is 5.32 Å². The van der Waals surface area contributed by atoms with Crippen LogP contribution in [0.2, 0.25) is 0 Å². The van der Waals surface area contributed by atoms with Crippen molar-refractivity contribution >= 4 is 22.6 Å². The maximum atomic E-state index is 12.4. The number of rotatable bonds is 7. The van der Waals surface area contributed by atoms with Gasteiger partial charge in [-0.1, -0.05) is 37.3 Å². The molecule has 2 aromatic heterocycles. The molecule has 0 atom stereocenters. The highest BCUT2D eigenvalue weighted by molar-refractivity contribution is 6.04. The second-order valence-electron chi connectivity index (χ2n) is 6.79. The number of hydrogen-bond donors (Lipinski definition) is 1. The smallest absolute Gasteiger partial charge is 0.258 e. The zero-order chi connectivity index (χ0) is 19.3. The van der Waals surface area contributed by atoms with Gasteiger partial charge in [0.15, 0.2) is 0 Å². The number of fused-ring (bicyclic) bond motifs is 1. The SMILES string of the molecule is CCCn1c(CCc2ccccc2NC(=O)c2ccoc2)nc2ccccc21. The molecule has 4 aromatic rings. The number of anilines is 1. The van der Waals surface area contributed by atoms with Crippen molar-refractivity contribution in [2.45, 2.75) is 32.7 Å².